The number of nitrogens with two attached hydrogens (primary N) is 1. The van der Waals surface area contributed by atoms with Gasteiger partial charge in [0.1, 0.15) is 0 Å². The molecule has 0 aromatic carbocycles. The van der Waals surface area contributed by atoms with Gasteiger partial charge in [-0.05, 0) is 22.9 Å². The fourth-order valence-electron chi connectivity index (χ4n) is 0.990. The number of hydrogen-bond acceptors (Lipinski definition) is 5. The van der Waals surface area contributed by atoms with Crippen molar-refractivity contribution in [3.8, 4) is 11.6 Å². The maximum Gasteiger partial charge on any atom is 0.279 e. The third-order valence-electron chi connectivity index (χ3n) is 1.73. The summed E-state index contributed by atoms with van der Waals surface area (Å²) in [5, 5.41) is 10.5. The number of nitrogens with one attached hydrogen (secondary N) is 1. The van der Waals surface area contributed by atoms with Gasteiger partial charge in [0.15, 0.2) is 11.5 Å². The van der Waals surface area contributed by atoms with Crippen LogP contribution in [0.25, 0.3) is 11.6 Å². The third kappa shape index (κ3) is 1.44. The molecule has 0 bridgehead atoms. The van der Waals surface area contributed by atoms with Crippen LogP contribution in [0, 0.1) is 6.92 Å². The molecule has 2 aromatic rings. The van der Waals surface area contributed by atoms with Crippen LogP contribution < -0.4 is 5.73 Å². The van der Waals surface area contributed by atoms with E-state index in [0.29, 0.717) is 17.4 Å². The molecule has 3 N–H and O–H groups in total. The molecule has 0 fully saturated rings. The Morgan fingerprint density at radius 1 is 1.57 bits per heavy atom. The van der Waals surface area contributed by atoms with Crippen molar-refractivity contribution in [2.24, 2.45) is 5.73 Å². The Bertz CT molecular complexity index is 449. The average Bonchev–Trinajstić information content (AvgIpc) is 2.75. The third-order valence-corrected chi connectivity index (χ3v) is 2.70. The molecular formula is C7H8BrN5O. The molecular weight excluding hydrogens is 250 g/mol. The summed E-state index contributed by atoms with van der Waals surface area (Å²) in [6.45, 7) is 2.14. The minimum atomic E-state index is 0.254. The highest BCUT2D eigenvalue weighted by atomic mass is 79.9. The molecule has 0 atom stereocenters. The van der Waals surface area contributed by atoms with Crippen LogP contribution in [0.3, 0.4) is 0 Å². The van der Waals surface area contributed by atoms with Crippen LogP contribution in [-0.2, 0) is 6.54 Å². The van der Waals surface area contributed by atoms with Crippen molar-refractivity contribution >= 4 is 15.9 Å². The van der Waals surface area contributed by atoms with Crippen LogP contribution in [-0.4, -0.2) is 20.3 Å². The van der Waals surface area contributed by atoms with E-state index < -0.39 is 0 Å². The number of rotatable bonds is 2. The summed E-state index contributed by atoms with van der Waals surface area (Å²) in [6, 6.07) is 0. The van der Waals surface area contributed by atoms with E-state index in [2.05, 4.69) is 36.3 Å². The van der Waals surface area contributed by atoms with E-state index in [1.54, 1.807) is 0 Å². The normalized spacial score (nSPS) is 10.8. The molecule has 2 aromatic heterocycles. The number of aromatic amines is 1. The Labute approximate surface area is 88.0 Å². The highest BCUT2D eigenvalue weighted by Gasteiger charge is 2.15. The maximum absolute atomic E-state index is 5.36. The molecule has 0 unspecified atom stereocenters. The molecule has 2 heterocycles. The molecule has 0 saturated heterocycles. The molecule has 0 amide bonds. The topological polar surface area (TPSA) is 93.6 Å². The molecule has 7 heteroatoms. The van der Waals surface area contributed by atoms with E-state index in [9.17, 15) is 0 Å². The second-order valence-corrected chi connectivity index (χ2v) is 3.52. The summed E-state index contributed by atoms with van der Waals surface area (Å²) in [7, 11) is 0. The summed E-state index contributed by atoms with van der Waals surface area (Å²) in [6.07, 6.45) is 0. The molecule has 6 nitrogen and oxygen atoms in total. The van der Waals surface area contributed by atoms with Gasteiger partial charge in [-0.3, -0.25) is 5.10 Å². The van der Waals surface area contributed by atoms with E-state index in [4.69, 9.17) is 10.3 Å². The van der Waals surface area contributed by atoms with Crippen molar-refractivity contribution in [2.75, 3.05) is 0 Å². The van der Waals surface area contributed by atoms with Gasteiger partial charge in [0.25, 0.3) is 5.89 Å². The Hall–Kier alpha value is -1.21. The number of hydrogen-bond donors (Lipinski definition) is 2. The number of aromatic nitrogens is 4. The predicted octanol–water partition coefficient (Wildman–Crippen LogP) is 0.989. The van der Waals surface area contributed by atoms with Crippen molar-refractivity contribution in [1.29, 1.82) is 0 Å². The number of halogens is 1. The molecule has 0 saturated carbocycles. The maximum atomic E-state index is 5.36. The lowest BCUT2D eigenvalue weighted by Gasteiger charge is -1.86. The van der Waals surface area contributed by atoms with Crippen molar-refractivity contribution in [2.45, 2.75) is 13.5 Å². The first kappa shape index (κ1) is 9.35. The Kier molecular flexibility index (Phi) is 2.34. The summed E-state index contributed by atoms with van der Waals surface area (Å²) in [4.78, 5) is 4.06. The monoisotopic (exact) mass is 257 g/mol. The van der Waals surface area contributed by atoms with Crippen LogP contribution >= 0.6 is 15.9 Å². The second kappa shape index (κ2) is 3.50. The smallest absolute Gasteiger partial charge is 0.279 e. The van der Waals surface area contributed by atoms with E-state index >= 15 is 0 Å². The number of H-pyrrole nitrogens is 1. The average molecular weight is 258 g/mol. The molecule has 0 spiro atoms. The van der Waals surface area contributed by atoms with Crippen molar-refractivity contribution in [3.05, 3.63) is 16.0 Å². The van der Waals surface area contributed by atoms with Crippen molar-refractivity contribution in [3.63, 3.8) is 0 Å². The number of aryl methyl sites for hydroxylation is 1. The highest BCUT2D eigenvalue weighted by molar-refractivity contribution is 9.10. The first-order chi connectivity index (χ1) is 6.72. The van der Waals surface area contributed by atoms with Gasteiger partial charge in [-0.15, -0.1) is 0 Å². The fourth-order valence-corrected chi connectivity index (χ4v) is 1.34. The van der Waals surface area contributed by atoms with Gasteiger partial charge in [-0.25, -0.2) is 0 Å². The zero-order valence-corrected chi connectivity index (χ0v) is 9.00. The zero-order valence-electron chi connectivity index (χ0n) is 7.41. The molecule has 14 heavy (non-hydrogen) atoms. The lowest BCUT2D eigenvalue weighted by molar-refractivity contribution is 0.421. The standard InChI is InChI=1S/C7H8BrN5O/c1-3-5(8)6(12-11-3)7-10-4(2-9)13-14-7/h2,9H2,1H3,(H,11,12). The van der Waals surface area contributed by atoms with Gasteiger partial charge in [-0.2, -0.15) is 10.1 Å². The van der Waals surface area contributed by atoms with Gasteiger partial charge in [0.2, 0.25) is 0 Å². The van der Waals surface area contributed by atoms with Crippen molar-refractivity contribution in [1.82, 2.24) is 20.3 Å². The van der Waals surface area contributed by atoms with Crippen LogP contribution in [0.2, 0.25) is 0 Å². The van der Waals surface area contributed by atoms with Crippen molar-refractivity contribution < 1.29 is 4.52 Å². The van der Waals surface area contributed by atoms with Crippen LogP contribution in [0.15, 0.2) is 9.00 Å². The largest absolute Gasteiger partial charge is 0.332 e. The Balaban J connectivity index is 2.44. The molecule has 0 radical (unpaired) electrons. The highest BCUT2D eigenvalue weighted by Crippen LogP contribution is 2.26. The second-order valence-electron chi connectivity index (χ2n) is 2.73. The quantitative estimate of drug-likeness (QED) is 0.837. The summed E-state index contributed by atoms with van der Waals surface area (Å²) in [5.41, 5.74) is 6.88. The molecule has 74 valence electrons. The SMILES string of the molecule is Cc1[nH]nc(-c2nc(CN)no2)c1Br. The zero-order chi connectivity index (χ0) is 10.1. The first-order valence-electron chi connectivity index (χ1n) is 3.96. The van der Waals surface area contributed by atoms with E-state index in [1.165, 1.54) is 0 Å². The number of nitrogens with zero attached hydrogens (tertiary/aromatic N) is 3. The molecule has 2 rings (SSSR count). The van der Waals surface area contributed by atoms with Gasteiger partial charge in [0.05, 0.1) is 11.0 Å². The van der Waals surface area contributed by atoms with Gasteiger partial charge < -0.3 is 10.3 Å². The summed E-state index contributed by atoms with van der Waals surface area (Å²) in [5.74, 6) is 0.828. The van der Waals surface area contributed by atoms with E-state index in [0.717, 1.165) is 10.2 Å². The van der Waals surface area contributed by atoms with Crippen LogP contribution in [0.4, 0.5) is 0 Å². The minimum absolute atomic E-state index is 0.254. The van der Waals surface area contributed by atoms with E-state index in [1.807, 2.05) is 6.92 Å². The van der Waals surface area contributed by atoms with Gasteiger partial charge in [0, 0.05) is 5.69 Å². The van der Waals surface area contributed by atoms with Crippen LogP contribution in [0.1, 0.15) is 11.5 Å². The molecule has 0 aliphatic carbocycles. The fraction of sp³-hybridized carbons (Fsp3) is 0.286. The molecule has 0 aliphatic heterocycles. The minimum Gasteiger partial charge on any atom is -0.332 e. The summed E-state index contributed by atoms with van der Waals surface area (Å²) >= 11 is 3.37. The molecule has 0 aliphatic rings. The Morgan fingerprint density at radius 2 is 2.36 bits per heavy atom. The lowest BCUT2D eigenvalue weighted by Crippen LogP contribution is -1.97. The van der Waals surface area contributed by atoms with Gasteiger partial charge in [-0.1, -0.05) is 5.16 Å². The van der Waals surface area contributed by atoms with Gasteiger partial charge >= 0.3 is 0 Å². The first-order valence-corrected chi connectivity index (χ1v) is 4.75. The lowest BCUT2D eigenvalue weighted by atomic mass is 10.4. The summed E-state index contributed by atoms with van der Waals surface area (Å²) < 4.78 is 5.81. The van der Waals surface area contributed by atoms with E-state index in [-0.39, 0.29) is 6.54 Å². The Morgan fingerprint density at radius 3 is 2.86 bits per heavy atom. The van der Waals surface area contributed by atoms with Crippen LogP contribution in [0.5, 0.6) is 0 Å². The predicted molar refractivity (Wildman–Crippen MR) is 52.2 cm³/mol.